The second kappa shape index (κ2) is 6.39. The zero-order valence-corrected chi connectivity index (χ0v) is 14.2. The fourth-order valence-electron chi connectivity index (χ4n) is 3.50. The molecule has 128 valence electrons. The standard InChI is InChI=1S/C16H25N3O4/c1-10(2)9-18-7-5-16(6-8-18)14(22)19(15(23)17-16)13(11(3)20)12(4)21/h10,13H,5-9H2,1-4H3,(H,17,23). The summed E-state index contributed by atoms with van der Waals surface area (Å²) in [6.07, 6.45) is 1.01. The number of piperidine rings is 1. The zero-order valence-electron chi connectivity index (χ0n) is 14.2. The van der Waals surface area contributed by atoms with Gasteiger partial charge in [-0.2, -0.15) is 0 Å². The lowest BCUT2D eigenvalue weighted by Crippen LogP contribution is -2.56. The van der Waals surface area contributed by atoms with E-state index in [0.717, 1.165) is 11.4 Å². The monoisotopic (exact) mass is 323 g/mol. The Bertz CT molecular complexity index is 521. The van der Waals surface area contributed by atoms with E-state index in [4.69, 9.17) is 0 Å². The number of hydrogen-bond acceptors (Lipinski definition) is 5. The highest BCUT2D eigenvalue weighted by molar-refractivity contribution is 6.16. The van der Waals surface area contributed by atoms with Crippen molar-refractivity contribution in [3.8, 4) is 0 Å². The minimum absolute atomic E-state index is 0.443. The van der Waals surface area contributed by atoms with E-state index in [0.29, 0.717) is 31.8 Å². The number of rotatable bonds is 5. The van der Waals surface area contributed by atoms with Crippen molar-refractivity contribution in [2.24, 2.45) is 5.92 Å². The number of amides is 3. The summed E-state index contributed by atoms with van der Waals surface area (Å²) in [7, 11) is 0. The minimum atomic E-state index is -1.31. The first-order valence-electron chi connectivity index (χ1n) is 8.07. The van der Waals surface area contributed by atoms with Gasteiger partial charge in [0.05, 0.1) is 0 Å². The minimum Gasteiger partial charge on any atom is -0.323 e. The Hall–Kier alpha value is -1.76. The summed E-state index contributed by atoms with van der Waals surface area (Å²) in [5.74, 6) is -0.887. The number of carbonyl (C=O) groups is 4. The highest BCUT2D eigenvalue weighted by atomic mass is 16.2. The van der Waals surface area contributed by atoms with Gasteiger partial charge in [-0.1, -0.05) is 13.8 Å². The van der Waals surface area contributed by atoms with E-state index in [1.807, 2.05) is 0 Å². The molecule has 3 amide bonds. The molecule has 0 saturated carbocycles. The fourth-order valence-corrected chi connectivity index (χ4v) is 3.50. The van der Waals surface area contributed by atoms with E-state index < -0.39 is 35.1 Å². The summed E-state index contributed by atoms with van der Waals surface area (Å²) in [6.45, 7) is 9.10. The molecule has 7 nitrogen and oxygen atoms in total. The summed E-state index contributed by atoms with van der Waals surface area (Å²) in [5, 5.41) is 2.74. The van der Waals surface area contributed by atoms with Crippen LogP contribution in [0, 0.1) is 5.92 Å². The molecule has 0 radical (unpaired) electrons. The van der Waals surface area contributed by atoms with Crippen molar-refractivity contribution in [3.05, 3.63) is 0 Å². The number of imide groups is 1. The highest BCUT2D eigenvalue weighted by Crippen LogP contribution is 2.31. The van der Waals surface area contributed by atoms with Crippen molar-refractivity contribution in [3.63, 3.8) is 0 Å². The van der Waals surface area contributed by atoms with Gasteiger partial charge in [0.15, 0.2) is 17.6 Å². The summed E-state index contributed by atoms with van der Waals surface area (Å²) in [4.78, 5) is 51.5. The topological polar surface area (TPSA) is 86.8 Å². The zero-order chi connectivity index (χ0) is 17.4. The molecule has 2 fully saturated rings. The SMILES string of the molecule is CC(=O)C(C(C)=O)N1C(=O)NC2(CCN(CC(C)C)CC2)C1=O. The van der Waals surface area contributed by atoms with E-state index in [9.17, 15) is 19.2 Å². The lowest BCUT2D eigenvalue weighted by molar-refractivity contribution is -0.142. The molecule has 0 aliphatic carbocycles. The molecule has 2 aliphatic heterocycles. The lowest BCUT2D eigenvalue weighted by atomic mass is 9.86. The van der Waals surface area contributed by atoms with Crippen LogP contribution in [0.4, 0.5) is 4.79 Å². The van der Waals surface area contributed by atoms with Crippen LogP contribution in [0.3, 0.4) is 0 Å². The number of hydrogen-bond donors (Lipinski definition) is 1. The Morgan fingerprint density at radius 2 is 1.65 bits per heavy atom. The quantitative estimate of drug-likeness (QED) is 0.590. The molecule has 0 unspecified atom stereocenters. The smallest absolute Gasteiger partial charge is 0.323 e. The van der Waals surface area contributed by atoms with Gasteiger partial charge in [0.2, 0.25) is 0 Å². The third-order valence-electron chi connectivity index (χ3n) is 4.55. The number of urea groups is 1. The molecule has 23 heavy (non-hydrogen) atoms. The molecule has 0 aromatic rings. The molecule has 0 atom stereocenters. The van der Waals surface area contributed by atoms with Crippen LogP contribution in [0.1, 0.15) is 40.5 Å². The first-order valence-corrected chi connectivity index (χ1v) is 8.07. The van der Waals surface area contributed by atoms with Crippen molar-refractivity contribution in [2.45, 2.75) is 52.1 Å². The normalized spacial score (nSPS) is 21.4. The van der Waals surface area contributed by atoms with E-state index in [1.165, 1.54) is 13.8 Å². The van der Waals surface area contributed by atoms with E-state index in [-0.39, 0.29) is 0 Å². The molecule has 0 bridgehead atoms. The van der Waals surface area contributed by atoms with Gasteiger partial charge in [0.25, 0.3) is 5.91 Å². The number of nitrogens with one attached hydrogen (secondary N) is 1. The highest BCUT2D eigenvalue weighted by Gasteiger charge is 2.55. The van der Waals surface area contributed by atoms with Gasteiger partial charge in [-0.25, -0.2) is 9.69 Å². The van der Waals surface area contributed by atoms with Crippen LogP contribution >= 0.6 is 0 Å². The Morgan fingerprint density at radius 1 is 1.13 bits per heavy atom. The van der Waals surface area contributed by atoms with E-state index in [2.05, 4.69) is 24.1 Å². The van der Waals surface area contributed by atoms with Crippen molar-refractivity contribution < 1.29 is 19.2 Å². The number of nitrogens with zero attached hydrogens (tertiary/aromatic N) is 2. The average molecular weight is 323 g/mol. The van der Waals surface area contributed by atoms with Crippen LogP contribution in [-0.4, -0.2) is 64.5 Å². The molecule has 0 aromatic heterocycles. The van der Waals surface area contributed by atoms with Gasteiger partial charge in [0.1, 0.15) is 5.54 Å². The Kier molecular flexibility index (Phi) is 4.89. The molecular weight excluding hydrogens is 298 g/mol. The summed E-state index contributed by atoms with van der Waals surface area (Å²) in [5.41, 5.74) is -0.965. The van der Waals surface area contributed by atoms with Gasteiger partial charge < -0.3 is 10.2 Å². The number of likely N-dealkylation sites (tertiary alicyclic amines) is 1. The largest absolute Gasteiger partial charge is 0.326 e. The maximum atomic E-state index is 12.8. The second-order valence-corrected chi connectivity index (χ2v) is 7.01. The van der Waals surface area contributed by atoms with Gasteiger partial charge in [-0.3, -0.25) is 14.4 Å². The Morgan fingerprint density at radius 3 is 2.09 bits per heavy atom. The van der Waals surface area contributed by atoms with Crippen LogP contribution in [-0.2, 0) is 14.4 Å². The Balaban J connectivity index is 2.16. The van der Waals surface area contributed by atoms with Crippen LogP contribution in [0.2, 0.25) is 0 Å². The van der Waals surface area contributed by atoms with Crippen molar-refractivity contribution >= 4 is 23.5 Å². The maximum Gasteiger partial charge on any atom is 0.326 e. The number of ketones is 2. The number of Topliss-reactive ketones (excluding diaryl/α,β-unsaturated/α-hetero) is 2. The van der Waals surface area contributed by atoms with Crippen molar-refractivity contribution in [1.29, 1.82) is 0 Å². The van der Waals surface area contributed by atoms with Gasteiger partial charge >= 0.3 is 6.03 Å². The van der Waals surface area contributed by atoms with Gasteiger partial charge in [-0.05, 0) is 32.6 Å². The molecule has 7 heteroatoms. The second-order valence-electron chi connectivity index (χ2n) is 7.01. The van der Waals surface area contributed by atoms with Crippen LogP contribution < -0.4 is 5.32 Å². The van der Waals surface area contributed by atoms with Crippen molar-refractivity contribution in [1.82, 2.24) is 15.1 Å². The summed E-state index contributed by atoms with van der Waals surface area (Å²) < 4.78 is 0. The molecule has 1 N–H and O–H groups in total. The first kappa shape index (κ1) is 17.6. The molecule has 1 spiro atoms. The van der Waals surface area contributed by atoms with Crippen LogP contribution in [0.25, 0.3) is 0 Å². The molecule has 2 heterocycles. The number of carbonyl (C=O) groups excluding carboxylic acids is 4. The summed E-state index contributed by atoms with van der Waals surface area (Å²) >= 11 is 0. The molecular formula is C16H25N3O4. The molecule has 2 rings (SSSR count). The third-order valence-corrected chi connectivity index (χ3v) is 4.55. The maximum absolute atomic E-state index is 12.8. The predicted molar refractivity (Wildman–Crippen MR) is 83.8 cm³/mol. The molecule has 0 aromatic carbocycles. The molecule has 2 aliphatic rings. The van der Waals surface area contributed by atoms with Crippen LogP contribution in [0.15, 0.2) is 0 Å². The van der Waals surface area contributed by atoms with Gasteiger partial charge in [0, 0.05) is 19.6 Å². The Labute approximate surface area is 136 Å². The first-order chi connectivity index (χ1) is 10.7. The van der Waals surface area contributed by atoms with Crippen molar-refractivity contribution in [2.75, 3.05) is 19.6 Å². The lowest BCUT2D eigenvalue weighted by Gasteiger charge is -2.38. The summed E-state index contributed by atoms with van der Waals surface area (Å²) in [6, 6.07) is -1.95. The average Bonchev–Trinajstić information content (AvgIpc) is 2.65. The van der Waals surface area contributed by atoms with Gasteiger partial charge in [-0.15, -0.1) is 0 Å². The van der Waals surface area contributed by atoms with Crippen LogP contribution in [0.5, 0.6) is 0 Å². The van der Waals surface area contributed by atoms with E-state index >= 15 is 0 Å². The molecule has 2 saturated heterocycles. The predicted octanol–water partition coefficient (Wildman–Crippen LogP) is 0.575. The third kappa shape index (κ3) is 3.29. The fraction of sp³-hybridized carbons (Fsp3) is 0.750. The van der Waals surface area contributed by atoms with E-state index in [1.54, 1.807) is 0 Å².